The first-order valence-corrected chi connectivity index (χ1v) is 7.02. The van der Waals surface area contributed by atoms with Gasteiger partial charge in [-0.3, -0.25) is 4.79 Å². The summed E-state index contributed by atoms with van der Waals surface area (Å²) >= 11 is 0. The molecule has 2 heterocycles. The molecule has 1 aromatic carbocycles. The van der Waals surface area contributed by atoms with Crippen LogP contribution in [0.3, 0.4) is 0 Å². The minimum atomic E-state index is -0.668. The summed E-state index contributed by atoms with van der Waals surface area (Å²) in [5.74, 6) is -0.510. The van der Waals surface area contributed by atoms with Crippen molar-refractivity contribution in [2.75, 3.05) is 7.11 Å². The van der Waals surface area contributed by atoms with Crippen molar-refractivity contribution in [3.05, 3.63) is 70.3 Å². The lowest BCUT2D eigenvalue weighted by Gasteiger charge is -2.05. The summed E-state index contributed by atoms with van der Waals surface area (Å²) in [6, 6.07) is 12.0. The van der Waals surface area contributed by atoms with E-state index in [4.69, 9.17) is 13.7 Å². The Morgan fingerprint density at radius 1 is 1.21 bits per heavy atom. The van der Waals surface area contributed by atoms with Crippen LogP contribution in [-0.2, 0) is 11.3 Å². The number of hydrogen-bond acceptors (Lipinski definition) is 7. The fourth-order valence-electron chi connectivity index (χ4n) is 1.96. The molecule has 122 valence electrons. The lowest BCUT2D eigenvalue weighted by Crippen LogP contribution is -2.07. The number of nitrogens with zero attached hydrogens (tertiary/aromatic N) is 1. The van der Waals surface area contributed by atoms with Gasteiger partial charge in [0.2, 0.25) is 16.9 Å². The summed E-state index contributed by atoms with van der Waals surface area (Å²) in [5.41, 5.74) is 0.775. The van der Waals surface area contributed by atoms with E-state index in [-0.39, 0.29) is 35.0 Å². The quantitative estimate of drug-likeness (QED) is 0.665. The summed E-state index contributed by atoms with van der Waals surface area (Å²) in [6.45, 7) is 0.251. The lowest BCUT2D eigenvalue weighted by atomic mass is 10.2. The number of ether oxygens (including phenoxy) is 2. The van der Waals surface area contributed by atoms with Crippen LogP contribution in [0.5, 0.6) is 5.75 Å². The molecule has 24 heavy (non-hydrogen) atoms. The summed E-state index contributed by atoms with van der Waals surface area (Å²) in [4.78, 5) is 23.4. The van der Waals surface area contributed by atoms with Gasteiger partial charge in [0, 0.05) is 12.1 Å². The zero-order valence-corrected chi connectivity index (χ0v) is 12.7. The zero-order valence-electron chi connectivity index (χ0n) is 12.7. The van der Waals surface area contributed by atoms with Gasteiger partial charge in [0.15, 0.2) is 5.76 Å². The third-order valence-electron chi connectivity index (χ3n) is 3.18. The Kier molecular flexibility index (Phi) is 4.42. The van der Waals surface area contributed by atoms with Crippen molar-refractivity contribution in [2.45, 2.75) is 6.61 Å². The monoisotopic (exact) mass is 327 g/mol. The number of esters is 1. The minimum Gasteiger partial charge on any atom is -0.482 e. The Hall–Kier alpha value is -3.35. The Morgan fingerprint density at radius 2 is 2.00 bits per heavy atom. The zero-order chi connectivity index (χ0) is 16.9. The van der Waals surface area contributed by atoms with Gasteiger partial charge in [0.25, 0.3) is 0 Å². The van der Waals surface area contributed by atoms with Crippen LogP contribution in [0, 0.1) is 0 Å². The largest absolute Gasteiger partial charge is 0.482 e. The molecule has 3 aromatic rings. The minimum absolute atomic E-state index is 0.0827. The highest BCUT2D eigenvalue weighted by molar-refractivity contribution is 5.87. The van der Waals surface area contributed by atoms with E-state index in [1.807, 2.05) is 30.3 Å². The van der Waals surface area contributed by atoms with E-state index in [9.17, 15) is 9.59 Å². The molecule has 0 amide bonds. The van der Waals surface area contributed by atoms with Gasteiger partial charge in [-0.05, 0) is 5.56 Å². The van der Waals surface area contributed by atoms with Gasteiger partial charge in [-0.2, -0.15) is 0 Å². The molecule has 0 spiro atoms. The second-order valence-electron chi connectivity index (χ2n) is 4.82. The molecule has 0 aliphatic carbocycles. The Morgan fingerprint density at radius 3 is 2.71 bits per heavy atom. The van der Waals surface area contributed by atoms with Crippen molar-refractivity contribution in [2.24, 2.45) is 0 Å². The SMILES string of the molecule is COC(=O)c1cc(-c2cc(=O)c(OCc3ccccc3)co2)no1. The van der Waals surface area contributed by atoms with Crippen LogP contribution in [0.4, 0.5) is 0 Å². The predicted molar refractivity (Wildman–Crippen MR) is 82.6 cm³/mol. The summed E-state index contributed by atoms with van der Waals surface area (Å²) in [7, 11) is 1.23. The normalized spacial score (nSPS) is 10.4. The van der Waals surface area contributed by atoms with E-state index in [2.05, 4.69) is 9.89 Å². The van der Waals surface area contributed by atoms with Crippen molar-refractivity contribution in [3.63, 3.8) is 0 Å². The van der Waals surface area contributed by atoms with Crippen LogP contribution in [0.25, 0.3) is 11.5 Å². The molecule has 0 unspecified atom stereocenters. The van der Waals surface area contributed by atoms with E-state index in [0.29, 0.717) is 0 Å². The van der Waals surface area contributed by atoms with Gasteiger partial charge in [-0.15, -0.1) is 0 Å². The summed E-state index contributed by atoms with van der Waals surface area (Å²) in [6.07, 6.45) is 1.20. The fourth-order valence-corrected chi connectivity index (χ4v) is 1.96. The van der Waals surface area contributed by atoms with Crippen LogP contribution < -0.4 is 10.2 Å². The smallest absolute Gasteiger partial charge is 0.376 e. The second-order valence-corrected chi connectivity index (χ2v) is 4.82. The molecule has 0 fully saturated rings. The van der Waals surface area contributed by atoms with Gasteiger partial charge in [0.1, 0.15) is 18.6 Å². The molecule has 0 atom stereocenters. The maximum Gasteiger partial charge on any atom is 0.376 e. The topological polar surface area (TPSA) is 91.8 Å². The van der Waals surface area contributed by atoms with E-state index in [1.54, 1.807) is 0 Å². The van der Waals surface area contributed by atoms with E-state index >= 15 is 0 Å². The van der Waals surface area contributed by atoms with Crippen LogP contribution in [0.15, 0.2) is 62.5 Å². The Balaban J connectivity index is 1.76. The molecule has 2 aromatic heterocycles. The van der Waals surface area contributed by atoms with Crippen LogP contribution in [0.1, 0.15) is 16.1 Å². The molecule has 0 N–H and O–H groups in total. The first-order valence-electron chi connectivity index (χ1n) is 7.02. The molecular weight excluding hydrogens is 314 g/mol. The average Bonchev–Trinajstić information content (AvgIpc) is 3.11. The molecule has 3 rings (SSSR count). The maximum atomic E-state index is 12.1. The number of benzene rings is 1. The number of rotatable bonds is 5. The summed E-state index contributed by atoms with van der Waals surface area (Å²) in [5, 5.41) is 3.67. The second kappa shape index (κ2) is 6.82. The van der Waals surface area contributed by atoms with E-state index in [1.165, 1.54) is 25.5 Å². The molecule has 0 aliphatic heterocycles. The molecule has 0 aliphatic rings. The lowest BCUT2D eigenvalue weighted by molar-refractivity contribution is 0.0554. The van der Waals surface area contributed by atoms with Crippen molar-refractivity contribution >= 4 is 5.97 Å². The van der Waals surface area contributed by atoms with Crippen molar-refractivity contribution < 1.29 is 23.2 Å². The number of carbonyl (C=O) groups excluding carboxylic acids is 1. The van der Waals surface area contributed by atoms with Crippen molar-refractivity contribution in [3.8, 4) is 17.2 Å². The third kappa shape index (κ3) is 3.35. The van der Waals surface area contributed by atoms with Gasteiger partial charge in [-0.1, -0.05) is 35.5 Å². The van der Waals surface area contributed by atoms with Gasteiger partial charge < -0.3 is 18.4 Å². The summed E-state index contributed by atoms with van der Waals surface area (Å²) < 4.78 is 20.1. The highest BCUT2D eigenvalue weighted by Gasteiger charge is 2.16. The highest BCUT2D eigenvalue weighted by atomic mass is 16.5. The molecule has 0 bridgehead atoms. The van der Waals surface area contributed by atoms with E-state index < -0.39 is 5.97 Å². The van der Waals surface area contributed by atoms with Crippen molar-refractivity contribution in [1.29, 1.82) is 0 Å². The third-order valence-corrected chi connectivity index (χ3v) is 3.18. The van der Waals surface area contributed by atoms with E-state index in [0.717, 1.165) is 5.56 Å². The van der Waals surface area contributed by atoms with Gasteiger partial charge in [-0.25, -0.2) is 4.79 Å². The average molecular weight is 327 g/mol. The number of carbonyl (C=O) groups is 1. The molecular formula is C17H13NO6. The van der Waals surface area contributed by atoms with Crippen LogP contribution >= 0.6 is 0 Å². The number of hydrogen-bond donors (Lipinski definition) is 0. The maximum absolute atomic E-state index is 12.1. The molecule has 0 radical (unpaired) electrons. The van der Waals surface area contributed by atoms with Crippen molar-refractivity contribution in [1.82, 2.24) is 5.16 Å². The Labute approximate surface area is 136 Å². The molecule has 0 saturated carbocycles. The first kappa shape index (κ1) is 15.5. The predicted octanol–water partition coefficient (Wildman–Crippen LogP) is 2.66. The molecule has 7 heteroatoms. The standard InChI is InChI=1S/C17H13NO6/c1-21-17(20)15-7-12(18-24-15)14-8-13(19)16(10-23-14)22-9-11-5-3-2-4-6-11/h2-8,10H,9H2,1H3. The highest BCUT2D eigenvalue weighted by Crippen LogP contribution is 2.20. The van der Waals surface area contributed by atoms with Gasteiger partial charge in [0.05, 0.1) is 7.11 Å². The van der Waals surface area contributed by atoms with Crippen LogP contribution in [0.2, 0.25) is 0 Å². The first-order chi connectivity index (χ1) is 11.7. The fraction of sp³-hybridized carbons (Fsp3) is 0.118. The molecule has 7 nitrogen and oxygen atoms in total. The number of aromatic nitrogens is 1. The Bertz CT molecular complexity index is 897. The van der Waals surface area contributed by atoms with Crippen LogP contribution in [-0.4, -0.2) is 18.2 Å². The number of methoxy groups -OCH3 is 1. The van der Waals surface area contributed by atoms with Gasteiger partial charge >= 0.3 is 5.97 Å². The molecule has 0 saturated heterocycles.